The molecule has 2 nitrogen and oxygen atoms in total. The maximum absolute atomic E-state index is 5.89. The Morgan fingerprint density at radius 1 is 1.36 bits per heavy atom. The molecule has 2 rings (SSSR count). The molecule has 1 heterocycles. The Morgan fingerprint density at radius 3 is 2.86 bits per heavy atom. The van der Waals surface area contributed by atoms with Gasteiger partial charge in [-0.15, -0.1) is 0 Å². The zero-order valence-electron chi connectivity index (χ0n) is 8.32. The lowest BCUT2D eigenvalue weighted by atomic mass is 9.92. The molecular weight excluding hydrogens is 172 g/mol. The Labute approximate surface area is 84.9 Å². The number of hydrogen-bond acceptors (Lipinski definition) is 2. The number of nitrogens with two attached hydrogens (primary N) is 1. The molecule has 0 radical (unpaired) electrons. The normalized spacial score (nSPS) is 21.8. The van der Waals surface area contributed by atoms with Crippen LogP contribution in [0.1, 0.15) is 24.8 Å². The molecule has 1 unspecified atom stereocenters. The Balaban J connectivity index is 2.04. The lowest BCUT2D eigenvalue weighted by Crippen LogP contribution is -2.20. The van der Waals surface area contributed by atoms with E-state index in [2.05, 4.69) is 23.2 Å². The van der Waals surface area contributed by atoms with Crippen molar-refractivity contribution in [1.82, 2.24) is 4.98 Å². The van der Waals surface area contributed by atoms with Crippen molar-refractivity contribution in [2.75, 3.05) is 0 Å². The molecule has 1 aromatic heterocycles. The van der Waals surface area contributed by atoms with Crippen molar-refractivity contribution in [3.05, 3.63) is 41.7 Å². The van der Waals surface area contributed by atoms with E-state index < -0.39 is 0 Å². The first kappa shape index (κ1) is 9.41. The highest BCUT2D eigenvalue weighted by Crippen LogP contribution is 2.20. The van der Waals surface area contributed by atoms with Crippen LogP contribution in [0.4, 0.5) is 0 Å². The summed E-state index contributed by atoms with van der Waals surface area (Å²) in [5.74, 6) is 0. The van der Waals surface area contributed by atoms with Gasteiger partial charge in [-0.05, 0) is 43.4 Å². The van der Waals surface area contributed by atoms with E-state index in [-0.39, 0.29) is 6.04 Å². The Bertz CT molecular complexity index is 316. The maximum Gasteiger partial charge on any atom is 0.0270 e. The van der Waals surface area contributed by atoms with Crippen LogP contribution in [-0.2, 0) is 6.42 Å². The molecule has 74 valence electrons. The predicted octanol–water partition coefficient (Wildman–Crippen LogP) is 2.06. The van der Waals surface area contributed by atoms with E-state index in [1.807, 2.05) is 12.4 Å². The second-order valence-corrected chi connectivity index (χ2v) is 3.91. The molecule has 2 heteroatoms. The highest BCUT2D eigenvalue weighted by molar-refractivity contribution is 5.21. The molecule has 0 bridgehead atoms. The van der Waals surface area contributed by atoms with Gasteiger partial charge < -0.3 is 5.73 Å². The van der Waals surface area contributed by atoms with Crippen LogP contribution in [0.5, 0.6) is 0 Å². The summed E-state index contributed by atoms with van der Waals surface area (Å²) in [5.41, 5.74) is 8.71. The fourth-order valence-corrected chi connectivity index (χ4v) is 1.94. The minimum absolute atomic E-state index is 0.278. The van der Waals surface area contributed by atoms with Crippen molar-refractivity contribution in [2.45, 2.75) is 31.7 Å². The molecule has 0 fully saturated rings. The van der Waals surface area contributed by atoms with Gasteiger partial charge in [-0.3, -0.25) is 4.98 Å². The monoisotopic (exact) mass is 188 g/mol. The Hall–Kier alpha value is -1.15. The number of rotatable bonds is 2. The first-order valence-corrected chi connectivity index (χ1v) is 5.18. The Morgan fingerprint density at radius 2 is 2.14 bits per heavy atom. The van der Waals surface area contributed by atoms with E-state index in [0.717, 1.165) is 12.8 Å². The van der Waals surface area contributed by atoms with Crippen LogP contribution in [0.25, 0.3) is 0 Å². The largest absolute Gasteiger partial charge is 0.324 e. The molecule has 14 heavy (non-hydrogen) atoms. The lowest BCUT2D eigenvalue weighted by Gasteiger charge is -2.17. The van der Waals surface area contributed by atoms with Gasteiger partial charge in [0, 0.05) is 18.4 Å². The molecule has 0 aromatic carbocycles. The molecule has 1 atom stereocenters. The zero-order chi connectivity index (χ0) is 9.80. The van der Waals surface area contributed by atoms with E-state index in [0.29, 0.717) is 0 Å². The summed E-state index contributed by atoms with van der Waals surface area (Å²) in [7, 11) is 0. The van der Waals surface area contributed by atoms with Crippen molar-refractivity contribution < 1.29 is 0 Å². The first-order chi connectivity index (χ1) is 6.84. The first-order valence-electron chi connectivity index (χ1n) is 5.18. The predicted molar refractivity (Wildman–Crippen MR) is 57.9 cm³/mol. The fourth-order valence-electron chi connectivity index (χ4n) is 1.94. The molecule has 1 aromatic rings. The van der Waals surface area contributed by atoms with Gasteiger partial charge in [0.05, 0.1) is 0 Å². The molecule has 0 amide bonds. The minimum atomic E-state index is 0.278. The van der Waals surface area contributed by atoms with Gasteiger partial charge in [-0.1, -0.05) is 11.6 Å². The third kappa shape index (κ3) is 2.42. The average Bonchev–Trinajstić information content (AvgIpc) is 2.19. The maximum atomic E-state index is 5.89. The summed E-state index contributed by atoms with van der Waals surface area (Å²) >= 11 is 0. The zero-order valence-corrected chi connectivity index (χ0v) is 8.32. The summed E-state index contributed by atoms with van der Waals surface area (Å²) in [6.07, 6.45) is 10.5. The lowest BCUT2D eigenvalue weighted by molar-refractivity contribution is 0.617. The summed E-state index contributed by atoms with van der Waals surface area (Å²) in [6.45, 7) is 0. The molecule has 0 saturated heterocycles. The summed E-state index contributed by atoms with van der Waals surface area (Å²) in [6, 6.07) is 4.42. The van der Waals surface area contributed by atoms with Crippen LogP contribution < -0.4 is 5.73 Å². The highest BCUT2D eigenvalue weighted by Gasteiger charge is 2.09. The topological polar surface area (TPSA) is 38.9 Å². The second-order valence-electron chi connectivity index (χ2n) is 3.91. The van der Waals surface area contributed by atoms with Crippen LogP contribution in [0.15, 0.2) is 36.2 Å². The standard InChI is InChI=1S/C12H16N2/c13-12-3-1-2-11(9-12)8-10-4-6-14-7-5-10/h4-7,9,12H,1-3,8,13H2. The van der Waals surface area contributed by atoms with E-state index in [1.54, 1.807) is 0 Å². The quantitative estimate of drug-likeness (QED) is 0.721. The molecule has 2 N–H and O–H groups in total. The van der Waals surface area contributed by atoms with Crippen LogP contribution in [0, 0.1) is 0 Å². The molecule has 0 saturated carbocycles. The number of pyridine rings is 1. The van der Waals surface area contributed by atoms with Crippen molar-refractivity contribution in [2.24, 2.45) is 5.73 Å². The van der Waals surface area contributed by atoms with Crippen molar-refractivity contribution in [1.29, 1.82) is 0 Å². The minimum Gasteiger partial charge on any atom is -0.324 e. The summed E-state index contributed by atoms with van der Waals surface area (Å²) in [4.78, 5) is 4.01. The molecule has 0 aliphatic heterocycles. The van der Waals surface area contributed by atoms with Gasteiger partial charge in [-0.25, -0.2) is 0 Å². The van der Waals surface area contributed by atoms with Gasteiger partial charge in [0.2, 0.25) is 0 Å². The third-order valence-corrected chi connectivity index (χ3v) is 2.67. The van der Waals surface area contributed by atoms with Gasteiger partial charge >= 0.3 is 0 Å². The van der Waals surface area contributed by atoms with Crippen LogP contribution in [-0.4, -0.2) is 11.0 Å². The highest BCUT2D eigenvalue weighted by atomic mass is 14.6. The van der Waals surface area contributed by atoms with E-state index in [4.69, 9.17) is 5.73 Å². The van der Waals surface area contributed by atoms with E-state index in [1.165, 1.54) is 24.0 Å². The summed E-state index contributed by atoms with van der Waals surface area (Å²) < 4.78 is 0. The summed E-state index contributed by atoms with van der Waals surface area (Å²) in [5, 5.41) is 0. The molecule has 0 spiro atoms. The number of hydrogen-bond donors (Lipinski definition) is 1. The third-order valence-electron chi connectivity index (χ3n) is 2.67. The van der Waals surface area contributed by atoms with Gasteiger partial charge in [0.1, 0.15) is 0 Å². The SMILES string of the molecule is NC1C=C(Cc2ccncc2)CCC1. The van der Waals surface area contributed by atoms with Crippen molar-refractivity contribution in [3.8, 4) is 0 Å². The van der Waals surface area contributed by atoms with Crippen molar-refractivity contribution in [3.63, 3.8) is 0 Å². The smallest absolute Gasteiger partial charge is 0.0270 e. The molecule has 1 aliphatic rings. The fraction of sp³-hybridized carbons (Fsp3) is 0.417. The number of nitrogens with zero attached hydrogens (tertiary/aromatic N) is 1. The van der Waals surface area contributed by atoms with Gasteiger partial charge in [-0.2, -0.15) is 0 Å². The van der Waals surface area contributed by atoms with Crippen molar-refractivity contribution >= 4 is 0 Å². The van der Waals surface area contributed by atoms with Crippen LogP contribution >= 0.6 is 0 Å². The van der Waals surface area contributed by atoms with Crippen LogP contribution in [0.2, 0.25) is 0 Å². The van der Waals surface area contributed by atoms with E-state index >= 15 is 0 Å². The van der Waals surface area contributed by atoms with Crippen LogP contribution in [0.3, 0.4) is 0 Å². The van der Waals surface area contributed by atoms with E-state index in [9.17, 15) is 0 Å². The van der Waals surface area contributed by atoms with Gasteiger partial charge in [0.25, 0.3) is 0 Å². The Kier molecular flexibility index (Phi) is 2.94. The molecule has 1 aliphatic carbocycles. The van der Waals surface area contributed by atoms with Gasteiger partial charge in [0.15, 0.2) is 0 Å². The number of allylic oxidation sites excluding steroid dienone is 1. The average molecular weight is 188 g/mol. The molecular formula is C12H16N2. The second kappa shape index (κ2) is 4.38. The number of aromatic nitrogens is 1.